The van der Waals surface area contributed by atoms with Gasteiger partial charge in [-0.1, -0.05) is 118 Å². The Bertz CT molecular complexity index is 2090. The summed E-state index contributed by atoms with van der Waals surface area (Å²) in [5, 5.41) is 2.52. The van der Waals surface area contributed by atoms with E-state index in [1.807, 2.05) is 0 Å². The lowest BCUT2D eigenvalue weighted by atomic mass is 9.82. The van der Waals surface area contributed by atoms with Crippen LogP contribution in [0.15, 0.2) is 121 Å². The van der Waals surface area contributed by atoms with Crippen LogP contribution >= 0.6 is 0 Å². The van der Waals surface area contributed by atoms with Gasteiger partial charge in [0.2, 0.25) is 0 Å². The van der Waals surface area contributed by atoms with Crippen LogP contribution in [0.1, 0.15) is 79.7 Å². The third kappa shape index (κ3) is 4.76. The van der Waals surface area contributed by atoms with Gasteiger partial charge in [-0.3, -0.25) is 0 Å². The Balaban J connectivity index is 1.39. The zero-order chi connectivity index (χ0) is 31.4. The van der Waals surface area contributed by atoms with Gasteiger partial charge in [0.15, 0.2) is 0 Å². The highest BCUT2D eigenvalue weighted by Crippen LogP contribution is 2.52. The molecule has 2 aliphatic rings. The van der Waals surface area contributed by atoms with Crippen LogP contribution in [0.5, 0.6) is 0 Å². The summed E-state index contributed by atoms with van der Waals surface area (Å²) in [5.74, 6) is 0.638. The molecular formula is C45H43N. The van der Waals surface area contributed by atoms with E-state index in [4.69, 9.17) is 0 Å². The molecule has 0 atom stereocenters. The van der Waals surface area contributed by atoms with E-state index in [2.05, 4.69) is 154 Å². The first-order chi connectivity index (χ1) is 22.4. The van der Waals surface area contributed by atoms with Gasteiger partial charge < -0.3 is 4.90 Å². The van der Waals surface area contributed by atoms with Crippen LogP contribution < -0.4 is 4.90 Å². The minimum absolute atomic E-state index is 0.0788. The minimum Gasteiger partial charge on any atom is -0.310 e. The van der Waals surface area contributed by atoms with Crippen molar-refractivity contribution in [2.24, 2.45) is 0 Å². The second-order valence-electron chi connectivity index (χ2n) is 14.1. The van der Waals surface area contributed by atoms with Crippen LogP contribution in [0.25, 0.3) is 33.0 Å². The molecule has 8 rings (SSSR count). The van der Waals surface area contributed by atoms with Crippen molar-refractivity contribution in [1.29, 1.82) is 0 Å². The van der Waals surface area contributed by atoms with Gasteiger partial charge in [0.05, 0.1) is 5.69 Å². The van der Waals surface area contributed by atoms with Gasteiger partial charge in [-0.2, -0.15) is 0 Å². The van der Waals surface area contributed by atoms with Gasteiger partial charge in [0, 0.05) is 22.4 Å². The first-order valence-electron chi connectivity index (χ1n) is 17.1. The van der Waals surface area contributed by atoms with E-state index in [9.17, 15) is 0 Å². The molecule has 228 valence electrons. The SMILES string of the molecule is Cc1ccccc1-c1cc2ccccc2cc1N(c1cccc(C2CCCCC2)c1)c1ccc2c(c1)C(C)(C)c1cccc(C)c1-2. The Morgan fingerprint density at radius 3 is 2.04 bits per heavy atom. The summed E-state index contributed by atoms with van der Waals surface area (Å²) in [6.45, 7) is 9.28. The maximum atomic E-state index is 2.55. The Kier molecular flexibility index (Phi) is 7.09. The molecule has 1 heteroatoms. The Morgan fingerprint density at radius 2 is 1.24 bits per heavy atom. The maximum Gasteiger partial charge on any atom is 0.0546 e. The largest absolute Gasteiger partial charge is 0.310 e. The summed E-state index contributed by atoms with van der Waals surface area (Å²) in [7, 11) is 0. The highest BCUT2D eigenvalue weighted by Gasteiger charge is 2.37. The summed E-state index contributed by atoms with van der Waals surface area (Å²) in [5.41, 5.74) is 15.9. The molecule has 0 amide bonds. The summed E-state index contributed by atoms with van der Waals surface area (Å²) in [4.78, 5) is 2.55. The van der Waals surface area contributed by atoms with Crippen molar-refractivity contribution >= 4 is 27.8 Å². The lowest BCUT2D eigenvalue weighted by molar-refractivity contribution is 0.443. The maximum absolute atomic E-state index is 2.55. The number of anilines is 3. The van der Waals surface area contributed by atoms with Gasteiger partial charge >= 0.3 is 0 Å². The van der Waals surface area contributed by atoms with E-state index >= 15 is 0 Å². The molecule has 0 radical (unpaired) electrons. The Hall–Kier alpha value is -4.62. The van der Waals surface area contributed by atoms with Crippen molar-refractivity contribution in [2.45, 2.75) is 71.1 Å². The molecule has 2 aliphatic carbocycles. The molecule has 1 saturated carbocycles. The predicted octanol–water partition coefficient (Wildman–Crippen LogP) is 12.9. The number of rotatable bonds is 5. The smallest absolute Gasteiger partial charge is 0.0546 e. The normalized spacial score (nSPS) is 15.5. The fraction of sp³-hybridized carbons (Fsp3) is 0.244. The third-order valence-corrected chi connectivity index (χ3v) is 10.9. The number of hydrogen-bond acceptors (Lipinski definition) is 1. The second-order valence-corrected chi connectivity index (χ2v) is 14.1. The standard InChI is InChI=1S/C45H43N/c1-30-14-8-11-22-38(30)40-27-34-18-9-10-19-35(34)28-43(40)46(36-21-13-20-33(26-36)32-16-6-5-7-17-32)37-24-25-39-42(29-37)45(3,4)41-23-12-15-31(2)44(39)41/h8-15,18-29,32H,5-7,16-17H2,1-4H3. The summed E-state index contributed by atoms with van der Waals surface area (Å²) < 4.78 is 0. The molecule has 0 aliphatic heterocycles. The summed E-state index contributed by atoms with van der Waals surface area (Å²) in [6, 6.07) is 46.0. The average molecular weight is 598 g/mol. The molecular weight excluding hydrogens is 555 g/mol. The average Bonchev–Trinajstić information content (AvgIpc) is 3.32. The Labute approximate surface area is 274 Å². The first kappa shape index (κ1) is 28.8. The van der Waals surface area contributed by atoms with E-state index < -0.39 is 0 Å². The molecule has 0 N–H and O–H groups in total. The minimum atomic E-state index is -0.0788. The van der Waals surface area contributed by atoms with E-state index in [0.717, 1.165) is 0 Å². The molecule has 46 heavy (non-hydrogen) atoms. The summed E-state index contributed by atoms with van der Waals surface area (Å²) >= 11 is 0. The van der Waals surface area contributed by atoms with Crippen molar-refractivity contribution in [1.82, 2.24) is 0 Å². The van der Waals surface area contributed by atoms with Crippen molar-refractivity contribution in [2.75, 3.05) is 4.90 Å². The van der Waals surface area contributed by atoms with Crippen molar-refractivity contribution in [3.05, 3.63) is 149 Å². The van der Waals surface area contributed by atoms with Crippen molar-refractivity contribution in [3.8, 4) is 22.3 Å². The molecule has 0 saturated heterocycles. The number of hydrogen-bond donors (Lipinski definition) is 0. The summed E-state index contributed by atoms with van der Waals surface area (Å²) in [6.07, 6.45) is 6.62. The first-order valence-corrected chi connectivity index (χ1v) is 17.1. The number of nitrogens with zero attached hydrogens (tertiary/aromatic N) is 1. The molecule has 0 bridgehead atoms. The molecule has 6 aromatic carbocycles. The monoisotopic (exact) mass is 597 g/mol. The van der Waals surface area contributed by atoms with E-state index in [-0.39, 0.29) is 5.41 Å². The van der Waals surface area contributed by atoms with Gasteiger partial charge in [-0.25, -0.2) is 0 Å². The van der Waals surface area contributed by atoms with Crippen LogP contribution in [-0.2, 0) is 5.41 Å². The molecule has 1 fully saturated rings. The predicted molar refractivity (Wildman–Crippen MR) is 197 cm³/mol. The van der Waals surface area contributed by atoms with Crippen LogP contribution in [0.4, 0.5) is 17.1 Å². The van der Waals surface area contributed by atoms with E-state index in [1.165, 1.54) is 110 Å². The number of benzene rings is 6. The molecule has 0 heterocycles. The van der Waals surface area contributed by atoms with Crippen LogP contribution in [0, 0.1) is 13.8 Å². The van der Waals surface area contributed by atoms with E-state index in [1.54, 1.807) is 0 Å². The van der Waals surface area contributed by atoms with Crippen LogP contribution in [0.2, 0.25) is 0 Å². The number of aryl methyl sites for hydroxylation is 2. The highest BCUT2D eigenvalue weighted by molar-refractivity contribution is 5.99. The van der Waals surface area contributed by atoms with Crippen LogP contribution in [0.3, 0.4) is 0 Å². The molecule has 0 unspecified atom stereocenters. The van der Waals surface area contributed by atoms with Gasteiger partial charge in [-0.15, -0.1) is 0 Å². The lowest BCUT2D eigenvalue weighted by Crippen LogP contribution is -2.17. The van der Waals surface area contributed by atoms with Gasteiger partial charge in [0.25, 0.3) is 0 Å². The van der Waals surface area contributed by atoms with Crippen LogP contribution in [-0.4, -0.2) is 0 Å². The van der Waals surface area contributed by atoms with Crippen molar-refractivity contribution < 1.29 is 0 Å². The van der Waals surface area contributed by atoms with Gasteiger partial charge in [0.1, 0.15) is 0 Å². The molecule has 0 aromatic heterocycles. The molecule has 1 nitrogen and oxygen atoms in total. The topological polar surface area (TPSA) is 3.24 Å². The quantitative estimate of drug-likeness (QED) is 0.191. The lowest BCUT2D eigenvalue weighted by Gasteiger charge is -2.31. The van der Waals surface area contributed by atoms with Crippen molar-refractivity contribution in [3.63, 3.8) is 0 Å². The fourth-order valence-electron chi connectivity index (χ4n) is 8.38. The fourth-order valence-corrected chi connectivity index (χ4v) is 8.38. The zero-order valence-electron chi connectivity index (χ0n) is 27.6. The zero-order valence-corrected chi connectivity index (χ0v) is 27.6. The Morgan fingerprint density at radius 1 is 0.543 bits per heavy atom. The van der Waals surface area contributed by atoms with E-state index in [0.29, 0.717) is 5.92 Å². The second kappa shape index (κ2) is 11.3. The van der Waals surface area contributed by atoms with Gasteiger partial charge in [-0.05, 0) is 124 Å². The number of fused-ring (bicyclic) bond motifs is 4. The molecule has 6 aromatic rings. The third-order valence-electron chi connectivity index (χ3n) is 10.9. The highest BCUT2D eigenvalue weighted by atomic mass is 15.1. The molecule has 0 spiro atoms.